The molecule has 2 aromatic carbocycles. The van der Waals surface area contributed by atoms with Crippen LogP contribution in [-0.4, -0.2) is 23.2 Å². The van der Waals surface area contributed by atoms with Gasteiger partial charge in [-0.1, -0.05) is 0 Å². The maximum absolute atomic E-state index is 13.0. The van der Waals surface area contributed by atoms with Crippen LogP contribution >= 0.6 is 19.4 Å². The van der Waals surface area contributed by atoms with Crippen LogP contribution in [0.25, 0.3) is 0 Å². The first-order valence-corrected chi connectivity index (χ1v) is 13.1. The Bertz CT molecular complexity index is 776. The molecule has 0 N–H and O–H groups in total. The van der Waals surface area contributed by atoms with Crippen molar-refractivity contribution in [3.63, 3.8) is 0 Å². The van der Waals surface area contributed by atoms with Gasteiger partial charge in [-0.3, -0.25) is 0 Å². The molecule has 0 fully saturated rings. The van der Waals surface area contributed by atoms with Crippen molar-refractivity contribution in [2.24, 2.45) is 0 Å². The molecule has 128 valence electrons. The van der Waals surface area contributed by atoms with Crippen molar-refractivity contribution >= 4 is 35.6 Å². The van der Waals surface area contributed by atoms with E-state index in [0.29, 0.717) is 17.9 Å². The van der Waals surface area contributed by atoms with Crippen molar-refractivity contribution < 1.29 is 23.0 Å². The zero-order valence-corrected chi connectivity index (χ0v) is 16.3. The van der Waals surface area contributed by atoms with Crippen molar-refractivity contribution in [2.75, 3.05) is 11.4 Å². The average Bonchev–Trinajstić information content (AvgIpc) is 2.61. The zero-order valence-electron chi connectivity index (χ0n) is 13.1. The van der Waals surface area contributed by atoms with Crippen LogP contribution in [0.3, 0.4) is 0 Å². The Hall–Kier alpha value is -1.22. The Morgan fingerprint density at radius 1 is 1.25 bits per heavy atom. The first-order chi connectivity index (χ1) is 11.6. The van der Waals surface area contributed by atoms with Gasteiger partial charge >= 0.3 is 155 Å². The molecule has 3 rings (SSSR count). The number of rotatable bonds is 3. The molecule has 3 nitrogen and oxygen atoms in total. The Morgan fingerprint density at radius 2 is 2.00 bits per heavy atom. The van der Waals surface area contributed by atoms with Gasteiger partial charge in [0, 0.05) is 0 Å². The molecule has 1 aliphatic rings. The Morgan fingerprint density at radius 3 is 2.67 bits per heavy atom. The number of fused-ring (bicyclic) bond motifs is 1. The van der Waals surface area contributed by atoms with E-state index in [0.717, 1.165) is 17.7 Å². The van der Waals surface area contributed by atoms with Crippen LogP contribution in [0.5, 0.6) is 5.75 Å². The third kappa shape index (κ3) is 3.72. The van der Waals surface area contributed by atoms with E-state index in [4.69, 9.17) is 24.1 Å². The molecule has 1 unspecified atom stereocenters. The molecule has 0 aromatic heterocycles. The van der Waals surface area contributed by atoms with Crippen LogP contribution in [0.15, 0.2) is 48.5 Å². The summed E-state index contributed by atoms with van der Waals surface area (Å²) in [5.41, 5.74) is 2.29. The van der Waals surface area contributed by atoms with Crippen LogP contribution in [0.4, 0.5) is 5.69 Å². The molecule has 2 aromatic rings. The summed E-state index contributed by atoms with van der Waals surface area (Å²) in [6, 6.07) is 15.0. The van der Waals surface area contributed by atoms with Gasteiger partial charge in [-0.25, -0.2) is 0 Å². The molecule has 0 spiro atoms. The molecule has 0 aliphatic carbocycles. The average molecular weight is 451 g/mol. The van der Waals surface area contributed by atoms with E-state index >= 15 is 0 Å². The number of hydrogen-bond acceptors (Lipinski definition) is 2. The molecular weight excluding hydrogens is 434 g/mol. The molecule has 1 amide bonds. The second-order valence-corrected chi connectivity index (χ2v) is 11.2. The normalized spacial score (nSPS) is 16.9. The summed E-state index contributed by atoms with van der Waals surface area (Å²) in [4.78, 5) is 14.8. The van der Waals surface area contributed by atoms with Crippen LogP contribution in [0, 0.1) is 0 Å². The molecule has 0 bridgehead atoms. The molecule has 0 saturated carbocycles. The first kappa shape index (κ1) is 17.6. The Kier molecular flexibility index (Phi) is 5.70. The van der Waals surface area contributed by atoms with Crippen LogP contribution < -0.4 is 9.64 Å². The molecule has 1 atom stereocenters. The van der Waals surface area contributed by atoms with E-state index in [1.165, 1.54) is 0 Å². The van der Waals surface area contributed by atoms with Gasteiger partial charge in [0.25, 0.3) is 0 Å². The molecule has 1 heterocycles. The minimum atomic E-state index is -1.99. The van der Waals surface area contributed by atoms with Gasteiger partial charge in [-0.2, -0.15) is 0 Å². The van der Waals surface area contributed by atoms with Crippen LogP contribution in [-0.2, 0) is 13.5 Å². The number of carbonyl (C=O) groups excluding carboxylic acids is 1. The standard InChI is InChI=1S/C18H17NO2.2ClH.Ru/c1-3-15-12-19(18(20)14-9-5-4-6-10-14)16-11-7-8-13(2)17(16)21-15;;;/h2,4-11,15H,3,12H2,1H3;2*1H;/q;;;+2/p-2. The van der Waals surface area contributed by atoms with Gasteiger partial charge in [0.1, 0.15) is 0 Å². The summed E-state index contributed by atoms with van der Waals surface area (Å²) in [5.74, 6) is 0.668. The number of ether oxygens (including phenoxy) is 1. The van der Waals surface area contributed by atoms with Crippen molar-refractivity contribution in [3.05, 3.63) is 59.7 Å². The third-order valence-electron chi connectivity index (χ3n) is 3.89. The van der Waals surface area contributed by atoms with E-state index in [1.54, 1.807) is 4.90 Å². The van der Waals surface area contributed by atoms with Crippen molar-refractivity contribution in [1.29, 1.82) is 0 Å². The quantitative estimate of drug-likeness (QED) is 0.640. The summed E-state index contributed by atoms with van der Waals surface area (Å²) >= 11 is -1.99. The number of para-hydroxylation sites is 1. The van der Waals surface area contributed by atoms with Gasteiger partial charge in [0.15, 0.2) is 0 Å². The zero-order chi connectivity index (χ0) is 17.1. The van der Waals surface area contributed by atoms with Crippen molar-refractivity contribution in [1.82, 2.24) is 0 Å². The summed E-state index contributed by atoms with van der Waals surface area (Å²) in [6.07, 6.45) is 0.765. The monoisotopic (exact) mass is 451 g/mol. The Balaban J connectivity index is 2.07. The first-order valence-electron chi connectivity index (χ1n) is 7.60. The number of hydrogen-bond donors (Lipinski definition) is 0. The summed E-state index contributed by atoms with van der Waals surface area (Å²) in [5, 5.41) is 0. The summed E-state index contributed by atoms with van der Waals surface area (Å²) < 4.78 is 7.97. The molecule has 24 heavy (non-hydrogen) atoms. The third-order valence-corrected chi connectivity index (χ3v) is 5.73. The number of carbonyl (C=O) groups is 1. The van der Waals surface area contributed by atoms with E-state index in [-0.39, 0.29) is 12.0 Å². The van der Waals surface area contributed by atoms with Gasteiger partial charge in [-0.05, 0) is 0 Å². The van der Waals surface area contributed by atoms with E-state index in [1.807, 2.05) is 60.1 Å². The fourth-order valence-electron chi connectivity index (χ4n) is 2.69. The summed E-state index contributed by atoms with van der Waals surface area (Å²) in [6.45, 7) is 2.58. The Labute approximate surface area is 154 Å². The number of amides is 1. The predicted octanol–water partition coefficient (Wildman–Crippen LogP) is 4.58. The molecular formula is C18H17Cl2NO2Ru. The van der Waals surface area contributed by atoms with Gasteiger partial charge in [-0.15, -0.1) is 0 Å². The molecule has 6 heteroatoms. The molecule has 0 saturated heterocycles. The minimum absolute atomic E-state index is 0.0262. The second-order valence-electron chi connectivity index (χ2n) is 5.43. The number of anilines is 1. The van der Waals surface area contributed by atoms with Gasteiger partial charge in [0.2, 0.25) is 0 Å². The fraction of sp³-hybridized carbons (Fsp3) is 0.222. The van der Waals surface area contributed by atoms with Crippen molar-refractivity contribution in [3.8, 4) is 5.75 Å². The predicted molar refractivity (Wildman–Crippen MR) is 96.1 cm³/mol. The van der Waals surface area contributed by atoms with Crippen LogP contribution in [0.1, 0.15) is 29.3 Å². The number of nitrogens with zero attached hydrogens (tertiary/aromatic N) is 1. The second kappa shape index (κ2) is 7.78. The van der Waals surface area contributed by atoms with Gasteiger partial charge < -0.3 is 0 Å². The SMILES string of the molecule is CCC1CN(C(=O)c2ccccc2)c2cccc([CH]=[Ru]([Cl])[Cl])c2O1. The van der Waals surface area contributed by atoms with Crippen molar-refractivity contribution in [2.45, 2.75) is 19.4 Å². The van der Waals surface area contributed by atoms with Crippen LogP contribution in [0.2, 0.25) is 0 Å². The van der Waals surface area contributed by atoms with E-state index < -0.39 is 13.5 Å². The molecule has 0 radical (unpaired) electrons. The molecule has 1 aliphatic heterocycles. The van der Waals surface area contributed by atoms with Gasteiger partial charge in [0.05, 0.1) is 0 Å². The fourth-order valence-corrected chi connectivity index (χ4v) is 4.48. The number of halogens is 2. The summed E-state index contributed by atoms with van der Waals surface area (Å²) in [7, 11) is 12.1. The topological polar surface area (TPSA) is 29.5 Å². The van der Waals surface area contributed by atoms with E-state index in [2.05, 4.69) is 0 Å². The number of benzene rings is 2. The van der Waals surface area contributed by atoms with E-state index in [9.17, 15) is 4.79 Å². The maximum atomic E-state index is 13.0.